The van der Waals surface area contributed by atoms with Crippen molar-refractivity contribution >= 4 is 5.91 Å². The third-order valence-electron chi connectivity index (χ3n) is 5.94. The van der Waals surface area contributed by atoms with E-state index in [-0.39, 0.29) is 5.91 Å². The Balaban J connectivity index is 1.36. The van der Waals surface area contributed by atoms with Gasteiger partial charge in [0.15, 0.2) is 5.69 Å². The van der Waals surface area contributed by atoms with Crippen LogP contribution in [0.3, 0.4) is 0 Å². The molecule has 0 spiro atoms. The molecule has 138 valence electrons. The first kappa shape index (κ1) is 17.3. The smallest absolute Gasteiger partial charge is 0.274 e. The van der Waals surface area contributed by atoms with Gasteiger partial charge in [-0.25, -0.2) is 0 Å². The Morgan fingerprint density at radius 1 is 1.15 bits per heavy atom. The average molecular weight is 352 g/mol. The van der Waals surface area contributed by atoms with Crippen LogP contribution in [0.5, 0.6) is 0 Å². The molecule has 1 aromatic carbocycles. The molecule has 26 heavy (non-hydrogen) atoms. The zero-order valence-corrected chi connectivity index (χ0v) is 15.8. The van der Waals surface area contributed by atoms with Crippen molar-refractivity contribution in [3.05, 3.63) is 52.8 Å². The van der Waals surface area contributed by atoms with Crippen molar-refractivity contribution in [3.63, 3.8) is 0 Å². The Kier molecular flexibility index (Phi) is 4.81. The van der Waals surface area contributed by atoms with Crippen molar-refractivity contribution in [2.24, 2.45) is 0 Å². The van der Waals surface area contributed by atoms with Crippen LogP contribution >= 0.6 is 0 Å². The lowest BCUT2D eigenvalue weighted by molar-refractivity contribution is 0.0547. The highest BCUT2D eigenvalue weighted by atomic mass is 16.2. The van der Waals surface area contributed by atoms with Gasteiger partial charge in [-0.3, -0.25) is 14.4 Å². The van der Waals surface area contributed by atoms with E-state index in [0.717, 1.165) is 44.8 Å². The SMILES string of the molecule is CCn1nc(C(=O)N2CCN([C@@H]3CCc4ccccc4C3)CC2)cc1C. The van der Waals surface area contributed by atoms with Gasteiger partial charge in [0.2, 0.25) is 0 Å². The monoisotopic (exact) mass is 352 g/mol. The largest absolute Gasteiger partial charge is 0.335 e. The van der Waals surface area contributed by atoms with Gasteiger partial charge in [-0.15, -0.1) is 0 Å². The molecule has 0 N–H and O–H groups in total. The molecule has 1 atom stereocenters. The Hall–Kier alpha value is -2.14. The number of amides is 1. The van der Waals surface area contributed by atoms with Gasteiger partial charge >= 0.3 is 0 Å². The zero-order valence-electron chi connectivity index (χ0n) is 15.8. The minimum atomic E-state index is 0.0777. The fourth-order valence-electron chi connectivity index (χ4n) is 4.38. The third kappa shape index (κ3) is 3.28. The number of rotatable bonds is 3. The molecule has 5 nitrogen and oxygen atoms in total. The number of benzene rings is 1. The molecule has 5 heteroatoms. The highest BCUT2D eigenvalue weighted by Gasteiger charge is 2.29. The summed E-state index contributed by atoms with van der Waals surface area (Å²) in [7, 11) is 0. The summed E-state index contributed by atoms with van der Waals surface area (Å²) in [6.45, 7) is 8.39. The number of aryl methyl sites for hydroxylation is 3. The molecule has 1 aromatic heterocycles. The fourth-order valence-corrected chi connectivity index (χ4v) is 4.38. The Morgan fingerprint density at radius 3 is 2.58 bits per heavy atom. The molecular weight excluding hydrogens is 324 g/mol. The van der Waals surface area contributed by atoms with Gasteiger partial charge in [-0.1, -0.05) is 24.3 Å². The topological polar surface area (TPSA) is 41.4 Å². The van der Waals surface area contributed by atoms with Crippen molar-refractivity contribution in [3.8, 4) is 0 Å². The summed E-state index contributed by atoms with van der Waals surface area (Å²) in [4.78, 5) is 17.3. The van der Waals surface area contributed by atoms with E-state index in [4.69, 9.17) is 0 Å². The summed E-state index contributed by atoms with van der Waals surface area (Å²) < 4.78 is 1.89. The lowest BCUT2D eigenvalue weighted by atomic mass is 9.87. The highest BCUT2D eigenvalue weighted by Crippen LogP contribution is 2.25. The van der Waals surface area contributed by atoms with Gasteiger partial charge in [0, 0.05) is 44.5 Å². The molecule has 0 unspecified atom stereocenters. The summed E-state index contributed by atoms with van der Waals surface area (Å²) in [6.07, 6.45) is 3.54. The minimum absolute atomic E-state index is 0.0777. The lowest BCUT2D eigenvalue weighted by Crippen LogP contribution is -2.53. The maximum atomic E-state index is 12.8. The van der Waals surface area contributed by atoms with Crippen molar-refractivity contribution in [2.45, 2.75) is 45.7 Å². The minimum Gasteiger partial charge on any atom is -0.335 e. The van der Waals surface area contributed by atoms with Crippen LogP contribution in [0.2, 0.25) is 0 Å². The van der Waals surface area contributed by atoms with Crippen LogP contribution < -0.4 is 0 Å². The molecule has 1 saturated heterocycles. The molecule has 1 amide bonds. The average Bonchev–Trinajstić information content (AvgIpc) is 3.08. The van der Waals surface area contributed by atoms with Gasteiger partial charge in [-0.2, -0.15) is 5.10 Å². The molecular formula is C21H28N4O. The molecule has 1 fully saturated rings. The first-order valence-corrected chi connectivity index (χ1v) is 9.80. The van der Waals surface area contributed by atoms with E-state index in [1.54, 1.807) is 0 Å². The normalized spacial score (nSPS) is 20.8. The van der Waals surface area contributed by atoms with Gasteiger partial charge in [0.25, 0.3) is 5.91 Å². The van der Waals surface area contributed by atoms with Crippen molar-refractivity contribution in [1.29, 1.82) is 0 Å². The molecule has 2 aliphatic rings. The lowest BCUT2D eigenvalue weighted by Gasteiger charge is -2.41. The third-order valence-corrected chi connectivity index (χ3v) is 5.94. The first-order chi connectivity index (χ1) is 12.7. The Morgan fingerprint density at radius 2 is 1.88 bits per heavy atom. The second kappa shape index (κ2) is 7.23. The number of hydrogen-bond acceptors (Lipinski definition) is 3. The maximum absolute atomic E-state index is 12.8. The van der Waals surface area contributed by atoms with Gasteiger partial charge in [0.05, 0.1) is 0 Å². The van der Waals surface area contributed by atoms with Crippen LogP contribution in [-0.2, 0) is 19.4 Å². The highest BCUT2D eigenvalue weighted by molar-refractivity contribution is 5.92. The van der Waals surface area contributed by atoms with E-state index in [2.05, 4.69) is 41.2 Å². The van der Waals surface area contributed by atoms with Crippen molar-refractivity contribution < 1.29 is 4.79 Å². The van der Waals surface area contributed by atoms with E-state index in [0.29, 0.717) is 11.7 Å². The number of nitrogens with zero attached hydrogens (tertiary/aromatic N) is 4. The second-order valence-corrected chi connectivity index (χ2v) is 7.48. The number of piperazine rings is 1. The van der Waals surface area contributed by atoms with Crippen LogP contribution in [0.15, 0.2) is 30.3 Å². The predicted molar refractivity (Wildman–Crippen MR) is 102 cm³/mol. The Bertz CT molecular complexity index is 789. The van der Waals surface area contributed by atoms with Crippen LogP contribution in [0.25, 0.3) is 0 Å². The van der Waals surface area contributed by atoms with E-state index in [1.165, 1.54) is 24.0 Å². The Labute approximate surface area is 155 Å². The van der Waals surface area contributed by atoms with Crippen LogP contribution in [0, 0.1) is 6.92 Å². The standard InChI is InChI=1S/C21H28N4O/c1-3-25-16(2)14-20(22-25)21(26)24-12-10-23(11-13-24)19-9-8-17-6-4-5-7-18(17)15-19/h4-7,14,19H,3,8-13,15H2,1-2H3/t19-/m1/s1. The zero-order chi connectivity index (χ0) is 18.1. The van der Waals surface area contributed by atoms with Gasteiger partial charge in [0.1, 0.15) is 0 Å². The van der Waals surface area contributed by atoms with Crippen molar-refractivity contribution in [2.75, 3.05) is 26.2 Å². The summed E-state index contributed by atoms with van der Waals surface area (Å²) in [5.74, 6) is 0.0777. The molecule has 4 rings (SSSR count). The van der Waals surface area contributed by atoms with Crippen LogP contribution in [0.4, 0.5) is 0 Å². The second-order valence-electron chi connectivity index (χ2n) is 7.48. The van der Waals surface area contributed by atoms with E-state index in [1.807, 2.05) is 22.6 Å². The first-order valence-electron chi connectivity index (χ1n) is 9.80. The van der Waals surface area contributed by atoms with Gasteiger partial charge < -0.3 is 4.90 Å². The molecule has 1 aliphatic heterocycles. The number of fused-ring (bicyclic) bond motifs is 1. The molecule has 2 heterocycles. The van der Waals surface area contributed by atoms with Crippen LogP contribution in [0.1, 0.15) is 40.7 Å². The molecule has 0 saturated carbocycles. The number of aromatic nitrogens is 2. The fraction of sp³-hybridized carbons (Fsp3) is 0.524. The number of carbonyl (C=O) groups is 1. The van der Waals surface area contributed by atoms with E-state index < -0.39 is 0 Å². The van der Waals surface area contributed by atoms with E-state index >= 15 is 0 Å². The van der Waals surface area contributed by atoms with Gasteiger partial charge in [-0.05, 0) is 50.3 Å². The van der Waals surface area contributed by atoms with Crippen LogP contribution in [-0.4, -0.2) is 57.7 Å². The maximum Gasteiger partial charge on any atom is 0.274 e. The van der Waals surface area contributed by atoms with Crippen molar-refractivity contribution in [1.82, 2.24) is 19.6 Å². The van der Waals surface area contributed by atoms with E-state index in [9.17, 15) is 4.79 Å². The molecule has 0 radical (unpaired) electrons. The number of carbonyl (C=O) groups excluding carboxylic acids is 1. The summed E-state index contributed by atoms with van der Waals surface area (Å²) in [5.41, 5.74) is 4.65. The quantitative estimate of drug-likeness (QED) is 0.852. The molecule has 0 bridgehead atoms. The summed E-state index contributed by atoms with van der Waals surface area (Å²) in [5, 5.41) is 4.45. The summed E-state index contributed by atoms with van der Waals surface area (Å²) >= 11 is 0. The molecule has 1 aliphatic carbocycles. The summed E-state index contributed by atoms with van der Waals surface area (Å²) in [6, 6.07) is 11.4. The molecule has 2 aromatic rings. The number of hydrogen-bond donors (Lipinski definition) is 0. The predicted octanol–water partition coefficient (Wildman–Crippen LogP) is 2.53.